The maximum absolute atomic E-state index is 10.8. The third-order valence-corrected chi connectivity index (χ3v) is 3.27. The van der Waals surface area contributed by atoms with Crippen LogP contribution in [0.2, 0.25) is 0 Å². The number of amides is 1. The molecule has 1 aromatic rings. The number of anilines is 1. The lowest BCUT2D eigenvalue weighted by Gasteiger charge is -1.94. The average molecular weight is 270 g/mol. The number of aromatic nitrogens is 1. The predicted octanol–water partition coefficient (Wildman–Crippen LogP) is 2.39. The molecule has 0 spiro atoms. The van der Waals surface area contributed by atoms with Crippen molar-refractivity contribution >= 4 is 49.9 Å². The van der Waals surface area contributed by atoms with E-state index in [9.17, 15) is 4.79 Å². The second kappa shape index (κ2) is 4.20. The number of nitrogens with zero attached hydrogens (tertiary/aromatic N) is 1. The Morgan fingerprint density at radius 2 is 2.50 bits per heavy atom. The zero-order valence-electron chi connectivity index (χ0n) is 6.23. The first kappa shape index (κ1) is 9.95. The van der Waals surface area contributed by atoms with E-state index >= 15 is 0 Å². The van der Waals surface area contributed by atoms with Gasteiger partial charge in [0, 0.05) is 0 Å². The van der Waals surface area contributed by atoms with Gasteiger partial charge in [-0.2, -0.15) is 0 Å². The molecule has 12 heavy (non-hydrogen) atoms. The van der Waals surface area contributed by atoms with Gasteiger partial charge in [-0.15, -0.1) is 11.6 Å². The molecule has 66 valence electrons. The summed E-state index contributed by atoms with van der Waals surface area (Å²) in [6.07, 6.45) is 0. The first-order valence-corrected chi connectivity index (χ1v) is 5.26. The Morgan fingerprint density at radius 3 is 2.92 bits per heavy atom. The van der Waals surface area contributed by atoms with Gasteiger partial charge in [0.15, 0.2) is 5.13 Å². The van der Waals surface area contributed by atoms with Crippen LogP contribution in [0.25, 0.3) is 0 Å². The molecule has 0 aromatic carbocycles. The van der Waals surface area contributed by atoms with Crippen molar-refractivity contribution in [1.82, 2.24) is 4.98 Å². The van der Waals surface area contributed by atoms with Gasteiger partial charge >= 0.3 is 0 Å². The fourth-order valence-corrected chi connectivity index (χ4v) is 1.91. The van der Waals surface area contributed by atoms with Gasteiger partial charge in [-0.05, 0) is 22.9 Å². The van der Waals surface area contributed by atoms with E-state index < -0.39 is 0 Å². The molecule has 0 aliphatic carbocycles. The maximum atomic E-state index is 10.8. The van der Waals surface area contributed by atoms with E-state index in [1.54, 1.807) is 0 Å². The van der Waals surface area contributed by atoms with Crippen LogP contribution in [0, 0.1) is 6.92 Å². The molecule has 0 radical (unpaired) electrons. The highest BCUT2D eigenvalue weighted by atomic mass is 79.9. The van der Waals surface area contributed by atoms with Crippen LogP contribution in [0.5, 0.6) is 0 Å². The Morgan fingerprint density at radius 1 is 1.83 bits per heavy atom. The average Bonchev–Trinajstić information content (AvgIpc) is 2.31. The number of carbonyl (C=O) groups is 1. The number of hydrogen-bond donors (Lipinski definition) is 1. The molecule has 1 aromatic heterocycles. The number of alkyl halides is 1. The summed E-state index contributed by atoms with van der Waals surface area (Å²) in [5.74, 6) is -0.283. The number of rotatable bonds is 2. The highest BCUT2D eigenvalue weighted by Gasteiger charge is 2.06. The lowest BCUT2D eigenvalue weighted by Crippen LogP contribution is -2.12. The second-order valence-electron chi connectivity index (χ2n) is 2.06. The Bertz CT molecular complexity index is 282. The molecule has 6 heteroatoms. The van der Waals surface area contributed by atoms with Crippen molar-refractivity contribution in [3.63, 3.8) is 0 Å². The van der Waals surface area contributed by atoms with Crippen molar-refractivity contribution in [1.29, 1.82) is 0 Å². The summed E-state index contributed by atoms with van der Waals surface area (Å²) < 4.78 is 0.923. The highest BCUT2D eigenvalue weighted by molar-refractivity contribution is 9.11. The minimum Gasteiger partial charge on any atom is -0.301 e. The minimum atomic E-state index is -0.238. The summed E-state index contributed by atoms with van der Waals surface area (Å²) in [6, 6.07) is 0. The van der Waals surface area contributed by atoms with Gasteiger partial charge in [-0.3, -0.25) is 4.79 Å². The molecule has 1 rings (SSSR count). The molecule has 0 fully saturated rings. The molecule has 0 unspecified atom stereocenters. The van der Waals surface area contributed by atoms with Crippen LogP contribution in [-0.2, 0) is 4.79 Å². The predicted molar refractivity (Wildman–Crippen MR) is 53.9 cm³/mol. The van der Waals surface area contributed by atoms with E-state index in [1.165, 1.54) is 11.3 Å². The first-order valence-electron chi connectivity index (χ1n) is 3.12. The largest absolute Gasteiger partial charge is 0.301 e. The minimum absolute atomic E-state index is 0.0454. The number of halogens is 2. The Labute approximate surface area is 87.3 Å². The standard InChI is InChI=1S/C6H6BrClN2OS/c1-3-5(7)12-6(9-3)10-4(11)2-8/h2H2,1H3,(H,9,10,11). The van der Waals surface area contributed by atoms with Crippen molar-refractivity contribution in [2.75, 3.05) is 11.2 Å². The third kappa shape index (κ3) is 2.43. The van der Waals surface area contributed by atoms with Crippen molar-refractivity contribution in [3.8, 4) is 0 Å². The molecule has 1 amide bonds. The number of carbonyl (C=O) groups excluding carboxylic acids is 1. The van der Waals surface area contributed by atoms with Crippen LogP contribution in [0.15, 0.2) is 3.79 Å². The molecular formula is C6H6BrClN2OS. The zero-order chi connectivity index (χ0) is 9.14. The van der Waals surface area contributed by atoms with E-state index in [0.29, 0.717) is 5.13 Å². The van der Waals surface area contributed by atoms with Crippen LogP contribution in [0.1, 0.15) is 5.69 Å². The topological polar surface area (TPSA) is 42.0 Å². The first-order chi connectivity index (χ1) is 5.63. The monoisotopic (exact) mass is 268 g/mol. The number of aryl methyl sites for hydroxylation is 1. The van der Waals surface area contributed by atoms with Crippen molar-refractivity contribution in [3.05, 3.63) is 9.48 Å². The summed E-state index contributed by atoms with van der Waals surface area (Å²) in [6.45, 7) is 1.86. The molecule has 3 nitrogen and oxygen atoms in total. The number of hydrogen-bond acceptors (Lipinski definition) is 3. The van der Waals surface area contributed by atoms with E-state index in [4.69, 9.17) is 11.6 Å². The van der Waals surface area contributed by atoms with E-state index in [1.807, 2.05) is 6.92 Å². The van der Waals surface area contributed by atoms with Crippen molar-refractivity contribution < 1.29 is 4.79 Å². The van der Waals surface area contributed by atoms with E-state index in [2.05, 4.69) is 26.2 Å². The third-order valence-electron chi connectivity index (χ3n) is 1.11. The van der Waals surface area contributed by atoms with Crippen LogP contribution in [-0.4, -0.2) is 16.8 Å². The maximum Gasteiger partial charge on any atom is 0.241 e. The molecule has 0 atom stereocenters. The Hall–Kier alpha value is -0.130. The highest BCUT2D eigenvalue weighted by Crippen LogP contribution is 2.27. The van der Waals surface area contributed by atoms with Gasteiger partial charge in [-0.1, -0.05) is 11.3 Å². The summed E-state index contributed by atoms with van der Waals surface area (Å²) in [7, 11) is 0. The van der Waals surface area contributed by atoms with Crippen LogP contribution in [0.3, 0.4) is 0 Å². The fourth-order valence-electron chi connectivity index (χ4n) is 0.584. The van der Waals surface area contributed by atoms with Crippen molar-refractivity contribution in [2.45, 2.75) is 6.92 Å². The molecule has 0 aliphatic rings. The summed E-state index contributed by atoms with van der Waals surface area (Å²) in [5, 5.41) is 3.13. The van der Waals surface area contributed by atoms with Crippen LogP contribution >= 0.6 is 38.9 Å². The molecule has 0 bridgehead atoms. The Balaban J connectivity index is 2.70. The SMILES string of the molecule is Cc1nc(NC(=O)CCl)sc1Br. The fraction of sp³-hybridized carbons (Fsp3) is 0.333. The molecule has 0 aliphatic heterocycles. The Kier molecular flexibility index (Phi) is 3.49. The van der Waals surface area contributed by atoms with E-state index in [-0.39, 0.29) is 11.8 Å². The molecule has 1 heterocycles. The quantitative estimate of drug-likeness (QED) is 0.838. The van der Waals surface area contributed by atoms with Crippen LogP contribution < -0.4 is 5.32 Å². The van der Waals surface area contributed by atoms with Crippen LogP contribution in [0.4, 0.5) is 5.13 Å². The van der Waals surface area contributed by atoms with E-state index in [0.717, 1.165) is 9.48 Å². The molecule has 0 saturated carbocycles. The van der Waals surface area contributed by atoms with Gasteiger partial charge in [0.05, 0.1) is 9.48 Å². The number of thiazole rings is 1. The van der Waals surface area contributed by atoms with Gasteiger partial charge in [-0.25, -0.2) is 4.98 Å². The summed E-state index contributed by atoms with van der Waals surface area (Å²) in [5.41, 5.74) is 0.866. The summed E-state index contributed by atoms with van der Waals surface area (Å²) >= 11 is 9.97. The van der Waals surface area contributed by atoms with Crippen molar-refractivity contribution in [2.24, 2.45) is 0 Å². The lowest BCUT2D eigenvalue weighted by molar-refractivity contribution is -0.113. The summed E-state index contributed by atoms with van der Waals surface area (Å²) in [4.78, 5) is 14.9. The zero-order valence-corrected chi connectivity index (χ0v) is 9.39. The van der Waals surface area contributed by atoms with Gasteiger partial charge in [0.25, 0.3) is 0 Å². The van der Waals surface area contributed by atoms with Gasteiger partial charge in [0.1, 0.15) is 5.88 Å². The van der Waals surface area contributed by atoms with Gasteiger partial charge < -0.3 is 5.32 Å². The smallest absolute Gasteiger partial charge is 0.241 e. The number of nitrogens with one attached hydrogen (secondary N) is 1. The molecule has 0 saturated heterocycles. The normalized spacial score (nSPS) is 9.92. The lowest BCUT2D eigenvalue weighted by atomic mass is 10.6. The van der Waals surface area contributed by atoms with Gasteiger partial charge in [0.2, 0.25) is 5.91 Å². The molecular weight excluding hydrogens is 264 g/mol. The molecule has 1 N–H and O–H groups in total. The second-order valence-corrected chi connectivity index (χ2v) is 4.64.